The van der Waals surface area contributed by atoms with Gasteiger partial charge in [-0.2, -0.15) is 18.4 Å². The van der Waals surface area contributed by atoms with Gasteiger partial charge in [0.1, 0.15) is 12.7 Å². The highest BCUT2D eigenvalue weighted by molar-refractivity contribution is 5.58. The minimum absolute atomic E-state index is 0.0416. The van der Waals surface area contributed by atoms with E-state index in [1.807, 2.05) is 0 Å². The second-order valence-corrected chi connectivity index (χ2v) is 2.99. The van der Waals surface area contributed by atoms with Gasteiger partial charge in [0.15, 0.2) is 0 Å². The third-order valence-electron chi connectivity index (χ3n) is 1.88. The van der Waals surface area contributed by atoms with Crippen LogP contribution in [-0.4, -0.2) is 13.2 Å². The minimum Gasteiger partial charge on any atom is -0.381 e. The van der Waals surface area contributed by atoms with Gasteiger partial charge in [-0.15, -0.1) is 0 Å². The van der Waals surface area contributed by atoms with E-state index in [0.29, 0.717) is 0 Å². The lowest BCUT2D eigenvalue weighted by Crippen LogP contribution is -2.08. The minimum atomic E-state index is -4.48. The number of nitrogens with one attached hydrogen (secondary N) is 1. The molecule has 1 rings (SSSR count). The van der Waals surface area contributed by atoms with E-state index in [2.05, 4.69) is 5.32 Å². The van der Waals surface area contributed by atoms with Gasteiger partial charge in [0.25, 0.3) is 0 Å². The van der Waals surface area contributed by atoms with Crippen molar-refractivity contribution in [3.8, 4) is 6.07 Å². The van der Waals surface area contributed by atoms with Crippen LogP contribution >= 0.6 is 0 Å². The van der Waals surface area contributed by atoms with Crippen molar-refractivity contribution >= 4 is 5.69 Å². The van der Waals surface area contributed by atoms with Gasteiger partial charge in [-0.25, -0.2) is 4.39 Å². The summed E-state index contributed by atoms with van der Waals surface area (Å²) in [5.74, 6) is 0. The average molecular weight is 232 g/mol. The summed E-state index contributed by atoms with van der Waals surface area (Å²) in [5, 5.41) is 11.2. The summed E-state index contributed by atoms with van der Waals surface area (Å²) in [5.41, 5.74) is -0.841. The monoisotopic (exact) mass is 232 g/mol. The molecular weight excluding hydrogens is 224 g/mol. The molecule has 0 radical (unpaired) electrons. The van der Waals surface area contributed by atoms with E-state index >= 15 is 0 Å². The van der Waals surface area contributed by atoms with E-state index in [1.54, 1.807) is 6.07 Å². The third-order valence-corrected chi connectivity index (χ3v) is 1.88. The maximum atomic E-state index is 12.3. The van der Waals surface area contributed by atoms with Crippen LogP contribution in [0.4, 0.5) is 23.2 Å². The van der Waals surface area contributed by atoms with E-state index in [0.717, 1.165) is 18.2 Å². The molecule has 1 aromatic carbocycles. The van der Waals surface area contributed by atoms with Gasteiger partial charge >= 0.3 is 6.18 Å². The van der Waals surface area contributed by atoms with Crippen LogP contribution in [0.1, 0.15) is 11.1 Å². The molecule has 86 valence electrons. The Hall–Kier alpha value is -1.77. The van der Waals surface area contributed by atoms with Crippen molar-refractivity contribution in [1.29, 1.82) is 5.26 Å². The second kappa shape index (κ2) is 4.84. The largest absolute Gasteiger partial charge is 0.416 e. The van der Waals surface area contributed by atoms with Gasteiger partial charge in [0.2, 0.25) is 0 Å². The van der Waals surface area contributed by atoms with Crippen LogP contribution in [0.3, 0.4) is 0 Å². The summed E-state index contributed by atoms with van der Waals surface area (Å²) >= 11 is 0. The zero-order valence-electron chi connectivity index (χ0n) is 8.11. The number of nitriles is 1. The first-order valence-corrected chi connectivity index (χ1v) is 4.40. The van der Waals surface area contributed by atoms with E-state index in [4.69, 9.17) is 5.26 Å². The number of nitrogens with zero attached hydrogens (tertiary/aromatic N) is 1. The Kier molecular flexibility index (Phi) is 3.72. The van der Waals surface area contributed by atoms with Crippen molar-refractivity contribution in [3.63, 3.8) is 0 Å². The molecule has 0 fully saturated rings. The molecule has 0 saturated carbocycles. The number of anilines is 1. The van der Waals surface area contributed by atoms with Crippen LogP contribution in [0.5, 0.6) is 0 Å². The molecule has 6 heteroatoms. The normalized spacial score (nSPS) is 10.9. The summed E-state index contributed by atoms with van der Waals surface area (Å²) in [4.78, 5) is 0. The first-order chi connectivity index (χ1) is 7.49. The molecule has 0 bridgehead atoms. The van der Waals surface area contributed by atoms with Crippen LogP contribution < -0.4 is 5.32 Å². The predicted octanol–water partition coefficient (Wildman–Crippen LogP) is 2.96. The number of hydrogen-bond acceptors (Lipinski definition) is 2. The third kappa shape index (κ3) is 2.86. The highest BCUT2D eigenvalue weighted by Gasteiger charge is 2.30. The number of halogens is 4. The molecule has 0 aliphatic rings. The lowest BCUT2D eigenvalue weighted by atomic mass is 10.1. The van der Waals surface area contributed by atoms with Crippen LogP contribution in [-0.2, 0) is 6.18 Å². The average Bonchev–Trinajstić information content (AvgIpc) is 2.24. The van der Waals surface area contributed by atoms with Crippen molar-refractivity contribution in [3.05, 3.63) is 29.3 Å². The zero-order chi connectivity index (χ0) is 12.2. The summed E-state index contributed by atoms with van der Waals surface area (Å²) in [7, 11) is 0. The smallest absolute Gasteiger partial charge is 0.381 e. The summed E-state index contributed by atoms with van der Waals surface area (Å²) in [6.45, 7) is -0.702. The molecule has 2 nitrogen and oxygen atoms in total. The fraction of sp³-hybridized carbons (Fsp3) is 0.300. The molecule has 0 heterocycles. The van der Waals surface area contributed by atoms with Crippen molar-refractivity contribution in [2.75, 3.05) is 18.5 Å². The summed E-state index contributed by atoms with van der Waals surface area (Å²) < 4.78 is 48.8. The molecule has 0 aliphatic carbocycles. The molecule has 1 aromatic rings. The number of rotatable bonds is 3. The lowest BCUT2D eigenvalue weighted by Gasteiger charge is -2.10. The molecule has 16 heavy (non-hydrogen) atoms. The number of benzene rings is 1. The van der Waals surface area contributed by atoms with Gasteiger partial charge in [-0.05, 0) is 18.2 Å². The Morgan fingerprint density at radius 3 is 2.50 bits per heavy atom. The zero-order valence-corrected chi connectivity index (χ0v) is 8.11. The standard InChI is InChI=1S/C10H8F4N2/c11-3-4-16-9-2-1-8(10(12,13)14)5-7(9)6-15/h1-2,5,16H,3-4H2. The van der Waals surface area contributed by atoms with Gasteiger partial charge in [0.05, 0.1) is 16.8 Å². The molecule has 0 atom stereocenters. The van der Waals surface area contributed by atoms with Gasteiger partial charge in [0, 0.05) is 6.54 Å². The SMILES string of the molecule is N#Cc1cc(C(F)(F)F)ccc1NCCF. The lowest BCUT2D eigenvalue weighted by molar-refractivity contribution is -0.137. The van der Waals surface area contributed by atoms with Crippen LogP contribution in [0.2, 0.25) is 0 Å². The second-order valence-electron chi connectivity index (χ2n) is 2.99. The fourth-order valence-corrected chi connectivity index (χ4v) is 1.15. The molecule has 1 N–H and O–H groups in total. The van der Waals surface area contributed by atoms with Gasteiger partial charge in [-0.3, -0.25) is 0 Å². The molecule has 0 amide bonds. The number of alkyl halides is 4. The Labute approximate surface area is 89.5 Å². The molecule has 0 saturated heterocycles. The quantitative estimate of drug-likeness (QED) is 0.813. The molecule has 0 aliphatic heterocycles. The first-order valence-electron chi connectivity index (χ1n) is 4.40. The topological polar surface area (TPSA) is 35.8 Å². The van der Waals surface area contributed by atoms with Crippen molar-refractivity contribution in [2.45, 2.75) is 6.18 Å². The van der Waals surface area contributed by atoms with Gasteiger partial charge in [-0.1, -0.05) is 0 Å². The van der Waals surface area contributed by atoms with E-state index < -0.39 is 18.4 Å². The van der Waals surface area contributed by atoms with Crippen LogP contribution in [0.15, 0.2) is 18.2 Å². The van der Waals surface area contributed by atoms with E-state index in [9.17, 15) is 17.6 Å². The Bertz CT molecular complexity index is 406. The first kappa shape index (κ1) is 12.3. The molecule has 0 spiro atoms. The Balaban J connectivity index is 3.04. The maximum absolute atomic E-state index is 12.3. The predicted molar refractivity (Wildman–Crippen MR) is 50.6 cm³/mol. The summed E-state index contributed by atoms with van der Waals surface area (Å²) in [6, 6.07) is 4.34. The van der Waals surface area contributed by atoms with Crippen molar-refractivity contribution < 1.29 is 17.6 Å². The van der Waals surface area contributed by atoms with Crippen molar-refractivity contribution in [2.24, 2.45) is 0 Å². The van der Waals surface area contributed by atoms with Gasteiger partial charge < -0.3 is 5.32 Å². The van der Waals surface area contributed by atoms with Crippen molar-refractivity contribution in [1.82, 2.24) is 0 Å². The van der Waals surface area contributed by atoms with Crippen LogP contribution in [0, 0.1) is 11.3 Å². The highest BCUT2D eigenvalue weighted by Crippen LogP contribution is 2.31. The van der Waals surface area contributed by atoms with E-state index in [1.165, 1.54) is 0 Å². The highest BCUT2D eigenvalue weighted by atomic mass is 19.4. The Morgan fingerprint density at radius 2 is 2.00 bits per heavy atom. The molecular formula is C10H8F4N2. The molecule has 0 aromatic heterocycles. The maximum Gasteiger partial charge on any atom is 0.416 e. The van der Waals surface area contributed by atoms with E-state index in [-0.39, 0.29) is 17.8 Å². The van der Waals surface area contributed by atoms with Crippen LogP contribution in [0.25, 0.3) is 0 Å². The summed E-state index contributed by atoms with van der Waals surface area (Å²) in [6.07, 6.45) is -4.48. The Morgan fingerprint density at radius 1 is 1.31 bits per heavy atom. The fourth-order valence-electron chi connectivity index (χ4n) is 1.15. The molecule has 0 unspecified atom stereocenters. The number of hydrogen-bond donors (Lipinski definition) is 1.